The Morgan fingerprint density at radius 1 is 1.33 bits per heavy atom. The number of aromatic nitrogens is 2. The molecule has 1 atom stereocenters. The maximum atomic E-state index is 9.15. The number of nitrogen functional groups attached to an aromatic ring is 1. The van der Waals surface area contributed by atoms with E-state index >= 15 is 0 Å². The molecule has 0 saturated carbocycles. The second-order valence-corrected chi connectivity index (χ2v) is 3.47. The average molecular weight is 211 g/mol. The molecule has 0 aromatic carbocycles. The molecular weight excluding hydrogens is 194 g/mol. The van der Waals surface area contributed by atoms with Gasteiger partial charge in [0.15, 0.2) is 0 Å². The van der Waals surface area contributed by atoms with Crippen molar-refractivity contribution in [1.29, 1.82) is 0 Å². The standard InChI is InChI=1S/C9H17N5O/c1-5(15)4-11-8-6(2)9(14-10)13-7(3)12-8/h5,15H,4,10H2,1-3H3,(H2,11,12,13,14). The van der Waals surface area contributed by atoms with E-state index in [1.807, 2.05) is 6.92 Å². The van der Waals surface area contributed by atoms with Gasteiger partial charge in [0.25, 0.3) is 0 Å². The number of nitrogens with two attached hydrogens (primary N) is 1. The first-order valence-electron chi connectivity index (χ1n) is 4.78. The Hall–Kier alpha value is -1.40. The van der Waals surface area contributed by atoms with Gasteiger partial charge in [-0.1, -0.05) is 0 Å². The van der Waals surface area contributed by atoms with Crippen LogP contribution >= 0.6 is 0 Å². The van der Waals surface area contributed by atoms with Crippen LogP contribution < -0.4 is 16.6 Å². The summed E-state index contributed by atoms with van der Waals surface area (Å²) in [6.07, 6.45) is -0.422. The van der Waals surface area contributed by atoms with Gasteiger partial charge in [0, 0.05) is 12.1 Å². The molecule has 6 nitrogen and oxygen atoms in total. The van der Waals surface area contributed by atoms with Crippen LogP contribution in [0.25, 0.3) is 0 Å². The number of nitrogens with zero attached hydrogens (tertiary/aromatic N) is 2. The second kappa shape index (κ2) is 4.90. The molecule has 1 rings (SSSR count). The predicted molar refractivity (Wildman–Crippen MR) is 59.5 cm³/mol. The highest BCUT2D eigenvalue weighted by atomic mass is 16.3. The first kappa shape index (κ1) is 11.7. The molecule has 0 aliphatic rings. The minimum atomic E-state index is -0.422. The summed E-state index contributed by atoms with van der Waals surface area (Å²) in [5.41, 5.74) is 3.35. The smallest absolute Gasteiger partial charge is 0.148 e. The van der Waals surface area contributed by atoms with Gasteiger partial charge in [0.05, 0.1) is 6.10 Å². The summed E-state index contributed by atoms with van der Waals surface area (Å²) in [4.78, 5) is 8.35. The molecule has 6 heteroatoms. The number of anilines is 2. The first-order chi connectivity index (χ1) is 7.04. The van der Waals surface area contributed by atoms with E-state index in [0.29, 0.717) is 24.0 Å². The van der Waals surface area contributed by atoms with Crippen molar-refractivity contribution >= 4 is 11.6 Å². The van der Waals surface area contributed by atoms with Crippen LogP contribution in [0.2, 0.25) is 0 Å². The predicted octanol–water partition coefficient (Wildman–Crippen LogP) is 0.172. The number of hydrogen-bond donors (Lipinski definition) is 4. The number of nitrogens with one attached hydrogen (secondary N) is 2. The lowest BCUT2D eigenvalue weighted by Gasteiger charge is -2.13. The van der Waals surface area contributed by atoms with Crippen LogP contribution in [0.3, 0.4) is 0 Å². The van der Waals surface area contributed by atoms with Gasteiger partial charge in [-0.15, -0.1) is 0 Å². The number of rotatable bonds is 4. The molecule has 0 spiro atoms. The van der Waals surface area contributed by atoms with E-state index in [4.69, 9.17) is 10.9 Å². The topological polar surface area (TPSA) is 96.1 Å². The summed E-state index contributed by atoms with van der Waals surface area (Å²) in [5.74, 6) is 7.24. The van der Waals surface area contributed by atoms with Crippen LogP contribution in [-0.4, -0.2) is 27.7 Å². The van der Waals surface area contributed by atoms with Crippen LogP contribution in [0, 0.1) is 13.8 Å². The van der Waals surface area contributed by atoms with Crippen molar-refractivity contribution in [2.45, 2.75) is 26.9 Å². The zero-order valence-corrected chi connectivity index (χ0v) is 9.20. The van der Waals surface area contributed by atoms with Crippen LogP contribution in [0.15, 0.2) is 0 Å². The van der Waals surface area contributed by atoms with E-state index in [1.165, 1.54) is 0 Å². The van der Waals surface area contributed by atoms with E-state index in [2.05, 4.69) is 20.7 Å². The Balaban J connectivity index is 2.91. The fourth-order valence-electron chi connectivity index (χ4n) is 1.19. The van der Waals surface area contributed by atoms with Crippen molar-refractivity contribution in [3.05, 3.63) is 11.4 Å². The van der Waals surface area contributed by atoms with Crippen LogP contribution in [0.4, 0.5) is 11.6 Å². The molecule has 0 aliphatic carbocycles. The molecule has 5 N–H and O–H groups in total. The number of aryl methyl sites for hydroxylation is 1. The van der Waals surface area contributed by atoms with Crippen LogP contribution in [0.5, 0.6) is 0 Å². The van der Waals surface area contributed by atoms with Crippen molar-refractivity contribution in [2.24, 2.45) is 5.84 Å². The fourth-order valence-corrected chi connectivity index (χ4v) is 1.19. The van der Waals surface area contributed by atoms with Gasteiger partial charge in [-0.2, -0.15) is 0 Å². The van der Waals surface area contributed by atoms with Crippen molar-refractivity contribution < 1.29 is 5.11 Å². The van der Waals surface area contributed by atoms with Crippen molar-refractivity contribution in [1.82, 2.24) is 9.97 Å². The normalized spacial score (nSPS) is 12.3. The van der Waals surface area contributed by atoms with Crippen molar-refractivity contribution in [2.75, 3.05) is 17.3 Å². The summed E-state index contributed by atoms with van der Waals surface area (Å²) >= 11 is 0. The van der Waals surface area contributed by atoms with Crippen LogP contribution in [0.1, 0.15) is 18.3 Å². The first-order valence-corrected chi connectivity index (χ1v) is 4.78. The summed E-state index contributed by atoms with van der Waals surface area (Å²) in [7, 11) is 0. The molecule has 0 aliphatic heterocycles. The van der Waals surface area contributed by atoms with Gasteiger partial charge in [-0.05, 0) is 20.8 Å². The van der Waals surface area contributed by atoms with E-state index < -0.39 is 6.10 Å². The number of hydrogen-bond acceptors (Lipinski definition) is 6. The third-order valence-electron chi connectivity index (χ3n) is 1.96. The summed E-state index contributed by atoms with van der Waals surface area (Å²) < 4.78 is 0. The molecule has 0 saturated heterocycles. The van der Waals surface area contributed by atoms with E-state index in [9.17, 15) is 0 Å². The highest BCUT2D eigenvalue weighted by Crippen LogP contribution is 2.18. The molecule has 84 valence electrons. The molecular formula is C9H17N5O. The summed E-state index contributed by atoms with van der Waals surface area (Å²) in [6, 6.07) is 0. The molecule has 0 radical (unpaired) electrons. The molecule has 1 aromatic heterocycles. The Kier molecular flexibility index (Phi) is 3.81. The van der Waals surface area contributed by atoms with Gasteiger partial charge in [0.2, 0.25) is 0 Å². The lowest BCUT2D eigenvalue weighted by molar-refractivity contribution is 0.208. The van der Waals surface area contributed by atoms with Crippen molar-refractivity contribution in [3.8, 4) is 0 Å². The fraction of sp³-hybridized carbons (Fsp3) is 0.556. The van der Waals surface area contributed by atoms with Gasteiger partial charge in [-0.25, -0.2) is 15.8 Å². The van der Waals surface area contributed by atoms with Gasteiger partial charge < -0.3 is 15.8 Å². The van der Waals surface area contributed by atoms with E-state index in [0.717, 1.165) is 5.56 Å². The number of aliphatic hydroxyl groups is 1. The Bertz CT molecular complexity index is 340. The zero-order valence-electron chi connectivity index (χ0n) is 9.20. The Morgan fingerprint density at radius 2 is 1.93 bits per heavy atom. The summed E-state index contributed by atoms with van der Waals surface area (Å²) in [5, 5.41) is 12.2. The lowest BCUT2D eigenvalue weighted by atomic mass is 10.3. The highest BCUT2D eigenvalue weighted by Gasteiger charge is 2.08. The van der Waals surface area contributed by atoms with E-state index in [-0.39, 0.29) is 0 Å². The maximum absolute atomic E-state index is 9.15. The number of aliphatic hydroxyl groups excluding tert-OH is 1. The molecule has 0 bridgehead atoms. The molecule has 15 heavy (non-hydrogen) atoms. The molecule has 0 amide bonds. The Morgan fingerprint density at radius 3 is 2.47 bits per heavy atom. The van der Waals surface area contributed by atoms with Gasteiger partial charge >= 0.3 is 0 Å². The minimum Gasteiger partial charge on any atom is -0.392 e. The SMILES string of the molecule is Cc1nc(NN)c(C)c(NCC(C)O)n1. The summed E-state index contributed by atoms with van der Waals surface area (Å²) in [6.45, 7) is 5.80. The van der Waals surface area contributed by atoms with Crippen LogP contribution in [-0.2, 0) is 0 Å². The molecule has 1 unspecified atom stereocenters. The molecule has 0 fully saturated rings. The third-order valence-corrected chi connectivity index (χ3v) is 1.96. The highest BCUT2D eigenvalue weighted by molar-refractivity contribution is 5.56. The quantitative estimate of drug-likeness (QED) is 0.419. The largest absolute Gasteiger partial charge is 0.392 e. The van der Waals surface area contributed by atoms with Gasteiger partial charge in [0.1, 0.15) is 17.5 Å². The zero-order chi connectivity index (χ0) is 11.4. The number of hydrazine groups is 1. The lowest BCUT2D eigenvalue weighted by Crippen LogP contribution is -2.19. The Labute approximate surface area is 88.9 Å². The average Bonchev–Trinajstić information content (AvgIpc) is 2.18. The second-order valence-electron chi connectivity index (χ2n) is 3.47. The van der Waals surface area contributed by atoms with Crippen molar-refractivity contribution in [3.63, 3.8) is 0 Å². The third kappa shape index (κ3) is 3.03. The van der Waals surface area contributed by atoms with Gasteiger partial charge in [-0.3, -0.25) is 0 Å². The molecule has 1 heterocycles. The minimum absolute atomic E-state index is 0.422. The maximum Gasteiger partial charge on any atom is 0.148 e. The monoisotopic (exact) mass is 211 g/mol. The van der Waals surface area contributed by atoms with E-state index in [1.54, 1.807) is 13.8 Å². The molecule has 1 aromatic rings.